The molecule has 1 unspecified atom stereocenters. The average Bonchev–Trinajstić information content (AvgIpc) is 3.79. The van der Waals surface area contributed by atoms with Crippen LogP contribution < -0.4 is 4.90 Å². The number of morpholine rings is 1. The van der Waals surface area contributed by atoms with Crippen LogP contribution in [0.1, 0.15) is 33.6 Å². The summed E-state index contributed by atoms with van der Waals surface area (Å²) >= 11 is 7.28. The van der Waals surface area contributed by atoms with Gasteiger partial charge < -0.3 is 19.3 Å². The summed E-state index contributed by atoms with van der Waals surface area (Å²) in [5, 5.41) is 17.8. The van der Waals surface area contributed by atoms with Crippen LogP contribution in [0.15, 0.2) is 91.8 Å². The summed E-state index contributed by atoms with van der Waals surface area (Å²) in [6.45, 7) is 2.43. The fourth-order valence-electron chi connectivity index (χ4n) is 6.01. The van der Waals surface area contributed by atoms with E-state index >= 15 is 0 Å². The topological polar surface area (TPSA) is 94.1 Å². The number of hydrogen-bond donors (Lipinski definition) is 1. The van der Waals surface area contributed by atoms with Gasteiger partial charge in [-0.25, -0.2) is 14.6 Å². The minimum atomic E-state index is -4.63. The predicted molar refractivity (Wildman–Crippen MR) is 171 cm³/mol. The summed E-state index contributed by atoms with van der Waals surface area (Å²) in [5.41, 5.74) is 1.23. The number of aryl methyl sites for hydroxylation is 1. The first-order chi connectivity index (χ1) is 22.6. The predicted octanol–water partition coefficient (Wildman–Crippen LogP) is 5.93. The van der Waals surface area contributed by atoms with E-state index in [9.17, 15) is 18.3 Å². The van der Waals surface area contributed by atoms with Crippen molar-refractivity contribution in [1.29, 1.82) is 0 Å². The van der Waals surface area contributed by atoms with Gasteiger partial charge in [0.2, 0.25) is 0 Å². The van der Waals surface area contributed by atoms with Gasteiger partial charge in [-0.3, -0.25) is 4.98 Å². The summed E-state index contributed by atoms with van der Waals surface area (Å²) in [6, 6.07) is 17.2. The van der Waals surface area contributed by atoms with Crippen molar-refractivity contribution < 1.29 is 23.0 Å². The number of benzene rings is 2. The third-order valence-electron chi connectivity index (χ3n) is 8.47. The first-order valence-electron chi connectivity index (χ1n) is 14.9. The number of anilines is 1. The highest BCUT2D eigenvalue weighted by Crippen LogP contribution is 2.41. The summed E-state index contributed by atoms with van der Waals surface area (Å²) in [6.07, 6.45) is 3.48. The summed E-state index contributed by atoms with van der Waals surface area (Å²) < 4.78 is 49.1. The molecule has 240 valence electrons. The molecule has 0 radical (unpaired) electrons. The molecule has 0 amide bonds. The van der Waals surface area contributed by atoms with Crippen molar-refractivity contribution in [2.24, 2.45) is 7.05 Å². The lowest BCUT2D eigenvalue weighted by Crippen LogP contribution is -2.37. The molecule has 0 saturated carbocycles. The van der Waals surface area contributed by atoms with Crippen molar-refractivity contribution in [3.8, 4) is 5.69 Å². The summed E-state index contributed by atoms with van der Waals surface area (Å²) in [7, 11) is 1.70. The highest BCUT2D eigenvalue weighted by atomic mass is 35.5. The van der Waals surface area contributed by atoms with Gasteiger partial charge in [0.25, 0.3) is 0 Å². The minimum Gasteiger partial charge on any atom is -0.378 e. The zero-order chi connectivity index (χ0) is 32.8. The van der Waals surface area contributed by atoms with Crippen LogP contribution in [0.2, 0.25) is 5.02 Å². The molecule has 13 heteroatoms. The molecule has 1 atom stereocenters. The van der Waals surface area contributed by atoms with E-state index in [0.29, 0.717) is 59.9 Å². The zero-order valence-electron chi connectivity index (χ0n) is 25.2. The van der Waals surface area contributed by atoms with Gasteiger partial charge in [0.15, 0.2) is 5.60 Å². The van der Waals surface area contributed by atoms with Crippen LogP contribution in [0.3, 0.4) is 0 Å². The fourth-order valence-corrected chi connectivity index (χ4v) is 6.31. The smallest absolute Gasteiger partial charge is 0.378 e. The van der Waals surface area contributed by atoms with Crippen molar-refractivity contribution in [1.82, 2.24) is 29.3 Å². The fraction of sp³-hybridized carbons (Fsp3) is 0.235. The number of aromatic nitrogens is 6. The molecule has 1 saturated heterocycles. The van der Waals surface area contributed by atoms with Gasteiger partial charge in [-0.15, -0.1) is 0 Å². The third-order valence-corrected chi connectivity index (χ3v) is 8.90. The molecule has 47 heavy (non-hydrogen) atoms. The average molecular weight is 660 g/mol. The Bertz CT molecular complexity index is 2020. The number of halogens is 4. The molecule has 9 nitrogen and oxygen atoms in total. The second-order valence-corrected chi connectivity index (χ2v) is 11.8. The maximum absolute atomic E-state index is 13.4. The van der Waals surface area contributed by atoms with Gasteiger partial charge >= 0.3 is 6.18 Å². The van der Waals surface area contributed by atoms with Gasteiger partial charge in [0, 0.05) is 61.7 Å². The van der Waals surface area contributed by atoms with Crippen molar-refractivity contribution >= 4 is 28.3 Å². The van der Waals surface area contributed by atoms with Crippen molar-refractivity contribution in [3.63, 3.8) is 0 Å². The van der Waals surface area contributed by atoms with Gasteiger partial charge in [-0.1, -0.05) is 35.9 Å². The molecule has 1 aliphatic rings. The number of pyridine rings is 2. The van der Waals surface area contributed by atoms with E-state index in [4.69, 9.17) is 21.3 Å². The number of hydrogen-bond acceptors (Lipinski definition) is 7. The van der Waals surface area contributed by atoms with Crippen LogP contribution in [0.5, 0.6) is 0 Å². The summed E-state index contributed by atoms with van der Waals surface area (Å²) in [5.74, 6) is 0.753. The largest absolute Gasteiger partial charge is 0.433 e. The SMILES string of the molecule is Cn1cncc1C(O)(c1ccc(C(F)(F)F)nc1)c1ccc2nc(N3CCOCC3)c(Cc3ccc(-n4cccn4)cc3)c(Cl)c2c1. The number of rotatable bonds is 7. The first kappa shape index (κ1) is 30.9. The Hall–Kier alpha value is -4.78. The quantitative estimate of drug-likeness (QED) is 0.227. The van der Waals surface area contributed by atoms with E-state index in [1.165, 1.54) is 18.6 Å². The molecule has 6 aromatic rings. The standard InChI is InChI=1S/C34H29ClF3N7O2/c1-43-21-39-20-30(43)33(46,24-6-10-29(40-19-24)34(36,37)38)23-5-9-28-26(18-23)31(35)27(32(42-28)44-13-15-47-16-14-44)17-22-3-7-25(8-4-22)45-12-2-11-41-45/h2-12,18-21,46H,13-17H2,1H3. The second-order valence-electron chi connectivity index (χ2n) is 11.4. The normalized spacial score (nSPS) is 15.2. The van der Waals surface area contributed by atoms with E-state index in [1.54, 1.807) is 40.7 Å². The number of nitrogens with zero attached hydrogens (tertiary/aromatic N) is 7. The minimum absolute atomic E-state index is 0.139. The van der Waals surface area contributed by atoms with Crippen molar-refractivity contribution in [2.75, 3.05) is 31.2 Å². The molecule has 2 aromatic carbocycles. The highest BCUT2D eigenvalue weighted by Gasteiger charge is 2.39. The van der Waals surface area contributed by atoms with E-state index < -0.39 is 17.5 Å². The number of fused-ring (bicyclic) bond motifs is 1. The van der Waals surface area contributed by atoms with Gasteiger partial charge in [0.1, 0.15) is 11.5 Å². The highest BCUT2D eigenvalue weighted by molar-refractivity contribution is 6.36. The Morgan fingerprint density at radius 1 is 0.979 bits per heavy atom. The lowest BCUT2D eigenvalue weighted by atomic mass is 9.83. The third kappa shape index (κ3) is 5.73. The molecule has 1 N–H and O–H groups in total. The molecule has 1 fully saturated rings. The Balaban J connectivity index is 1.36. The Morgan fingerprint density at radius 2 is 1.74 bits per heavy atom. The van der Waals surface area contributed by atoms with Crippen LogP contribution in [0, 0.1) is 0 Å². The molecule has 0 aliphatic carbocycles. The monoisotopic (exact) mass is 659 g/mol. The van der Waals surface area contributed by atoms with Gasteiger partial charge in [-0.2, -0.15) is 18.3 Å². The van der Waals surface area contributed by atoms with Crippen LogP contribution in [0.4, 0.5) is 19.0 Å². The lowest BCUT2D eigenvalue weighted by molar-refractivity contribution is -0.141. The van der Waals surface area contributed by atoms with E-state index in [2.05, 4.69) is 20.0 Å². The lowest BCUT2D eigenvalue weighted by Gasteiger charge is -2.31. The first-order valence-corrected chi connectivity index (χ1v) is 15.3. The molecular weight excluding hydrogens is 631 g/mol. The Kier molecular flexibility index (Phi) is 7.95. The van der Waals surface area contributed by atoms with E-state index in [-0.39, 0.29) is 5.56 Å². The maximum atomic E-state index is 13.4. The zero-order valence-corrected chi connectivity index (χ0v) is 25.9. The molecular formula is C34H29ClF3N7O2. The van der Waals surface area contributed by atoms with Gasteiger partial charge in [0.05, 0.1) is 47.7 Å². The molecule has 5 heterocycles. The van der Waals surface area contributed by atoms with Crippen LogP contribution in [-0.2, 0) is 30.0 Å². The Morgan fingerprint density at radius 3 is 2.38 bits per heavy atom. The molecule has 4 aromatic heterocycles. The molecule has 0 spiro atoms. The number of alkyl halides is 3. The number of aliphatic hydroxyl groups is 1. The van der Waals surface area contributed by atoms with E-state index in [1.807, 2.05) is 36.5 Å². The molecule has 0 bridgehead atoms. The Labute approximate surface area is 272 Å². The van der Waals surface area contributed by atoms with Crippen LogP contribution in [-0.4, -0.2) is 60.7 Å². The van der Waals surface area contributed by atoms with E-state index in [0.717, 1.165) is 34.9 Å². The molecule has 7 rings (SSSR count). The van der Waals surface area contributed by atoms with Crippen molar-refractivity contribution in [3.05, 3.63) is 130 Å². The number of ether oxygens (including phenoxy) is 1. The van der Waals surface area contributed by atoms with Crippen LogP contribution >= 0.6 is 11.6 Å². The maximum Gasteiger partial charge on any atom is 0.433 e. The molecule has 1 aliphatic heterocycles. The van der Waals surface area contributed by atoms with Gasteiger partial charge in [-0.05, 0) is 47.5 Å². The second kappa shape index (κ2) is 12.1. The van der Waals surface area contributed by atoms with Crippen molar-refractivity contribution in [2.45, 2.75) is 18.2 Å². The van der Waals surface area contributed by atoms with Crippen LogP contribution in [0.25, 0.3) is 16.6 Å². The number of imidazole rings is 1. The summed E-state index contributed by atoms with van der Waals surface area (Å²) in [4.78, 5) is 15.0.